The highest BCUT2D eigenvalue weighted by Crippen LogP contribution is 2.50. The number of fused-ring (bicyclic) bond motifs is 1. The number of carbonyl (C=O) groups is 2. The van der Waals surface area contributed by atoms with Crippen LogP contribution in [-0.4, -0.2) is 125 Å². The van der Waals surface area contributed by atoms with Gasteiger partial charge in [-0.15, -0.1) is 0 Å². The number of urea groups is 1. The predicted molar refractivity (Wildman–Crippen MR) is 192 cm³/mol. The van der Waals surface area contributed by atoms with Crippen molar-refractivity contribution < 1.29 is 37.0 Å². The Balaban J connectivity index is 1.25. The summed E-state index contributed by atoms with van der Waals surface area (Å²) in [7, 11) is -1.95. The van der Waals surface area contributed by atoms with Gasteiger partial charge in [-0.1, -0.05) is 0 Å². The largest absolute Gasteiger partial charge is 0.497 e. The molecule has 4 aliphatic heterocycles. The Kier molecular flexibility index (Phi) is 10.2. The van der Waals surface area contributed by atoms with Crippen LogP contribution >= 0.6 is 0 Å². The molecule has 0 spiro atoms. The number of piperazine rings is 1. The van der Waals surface area contributed by atoms with E-state index in [1.807, 2.05) is 0 Å². The SMILES string of the molecule is CCOc1ncccc1C1(NC(=O)N2CCC(N3CCN(C4COC4)CC3)CC2)C(=O)N(S(=O)(=O)c2ccc(OC)cc2OC)c2ccc(C#N)cc21. The van der Waals surface area contributed by atoms with E-state index >= 15 is 4.79 Å². The minimum absolute atomic E-state index is 0.0320. The molecule has 3 fully saturated rings. The van der Waals surface area contributed by atoms with Gasteiger partial charge in [0.2, 0.25) is 5.88 Å². The Bertz CT molecular complexity index is 2020. The fraction of sp³-hybridized carbons (Fsp3) is 0.459. The second-order valence-electron chi connectivity index (χ2n) is 13.4. The molecule has 1 unspecified atom stereocenters. The Labute approximate surface area is 309 Å². The molecule has 1 N–H and O–H groups in total. The van der Waals surface area contributed by atoms with E-state index in [2.05, 4.69) is 26.2 Å². The average Bonchev–Trinajstić information content (AvgIpc) is 3.41. The molecule has 3 saturated heterocycles. The number of hydrogen-bond donors (Lipinski definition) is 1. The van der Waals surface area contributed by atoms with E-state index in [4.69, 9.17) is 18.9 Å². The fourth-order valence-electron chi connectivity index (χ4n) is 7.74. The van der Waals surface area contributed by atoms with Gasteiger partial charge in [-0.2, -0.15) is 9.57 Å². The highest BCUT2D eigenvalue weighted by atomic mass is 32.2. The summed E-state index contributed by atoms with van der Waals surface area (Å²) in [4.78, 5) is 40.4. The number of nitriles is 1. The molecule has 1 aromatic heterocycles. The van der Waals surface area contributed by atoms with Gasteiger partial charge in [0, 0.05) is 63.1 Å². The molecule has 0 bridgehead atoms. The van der Waals surface area contributed by atoms with Crippen molar-refractivity contribution in [3.8, 4) is 23.4 Å². The molecule has 0 saturated carbocycles. The van der Waals surface area contributed by atoms with Crippen LogP contribution in [0.25, 0.3) is 0 Å². The Morgan fingerprint density at radius 3 is 2.32 bits per heavy atom. The standard InChI is InChI=1S/C37H43N7O8S/c1-4-52-34-29(6-5-13-39-34)37(40-36(46)43-14-11-26(12-15-43)41-16-18-42(19-17-41)27-23-51-24-27)30-20-25(22-38)7-9-31(30)44(35(37)45)53(47,48)33-10-8-28(49-2)21-32(33)50-3/h5-10,13,20-21,26-27H,4,11-12,14-19,23-24H2,1-3H3,(H,40,46). The van der Waals surface area contributed by atoms with Crippen molar-refractivity contribution in [1.29, 1.82) is 5.26 Å². The van der Waals surface area contributed by atoms with Gasteiger partial charge in [-0.3, -0.25) is 14.6 Å². The molecular weight excluding hydrogens is 703 g/mol. The second kappa shape index (κ2) is 14.8. The number of rotatable bonds is 10. The van der Waals surface area contributed by atoms with Crippen molar-refractivity contribution in [3.05, 3.63) is 71.4 Å². The van der Waals surface area contributed by atoms with Crippen LogP contribution in [0, 0.1) is 11.3 Å². The van der Waals surface area contributed by atoms with Crippen LogP contribution in [0.1, 0.15) is 36.5 Å². The van der Waals surface area contributed by atoms with E-state index in [0.717, 1.165) is 52.2 Å². The maximum atomic E-state index is 15.2. The van der Waals surface area contributed by atoms with Crippen LogP contribution in [0.3, 0.4) is 0 Å². The molecule has 3 amide bonds. The number of piperidine rings is 1. The van der Waals surface area contributed by atoms with Crippen LogP contribution in [0.2, 0.25) is 0 Å². The van der Waals surface area contributed by atoms with E-state index in [0.29, 0.717) is 35.2 Å². The fourth-order valence-corrected chi connectivity index (χ4v) is 9.34. The summed E-state index contributed by atoms with van der Waals surface area (Å²) in [5.41, 5.74) is -1.82. The first kappa shape index (κ1) is 36.4. The molecule has 53 heavy (non-hydrogen) atoms. The molecule has 1 atom stereocenters. The zero-order chi connectivity index (χ0) is 37.3. The summed E-state index contributed by atoms with van der Waals surface area (Å²) >= 11 is 0. The third kappa shape index (κ3) is 6.41. The first-order valence-corrected chi connectivity index (χ1v) is 19.2. The summed E-state index contributed by atoms with van der Waals surface area (Å²) in [5, 5.41) is 12.9. The molecule has 5 heterocycles. The Morgan fingerprint density at radius 2 is 1.70 bits per heavy atom. The molecule has 0 aliphatic carbocycles. The van der Waals surface area contributed by atoms with E-state index in [-0.39, 0.29) is 45.5 Å². The number of nitrogens with zero attached hydrogens (tertiary/aromatic N) is 6. The monoisotopic (exact) mass is 745 g/mol. The van der Waals surface area contributed by atoms with Gasteiger partial charge in [0.15, 0.2) is 5.54 Å². The average molecular weight is 746 g/mol. The van der Waals surface area contributed by atoms with Crippen LogP contribution in [0.15, 0.2) is 59.6 Å². The number of nitrogens with one attached hydrogen (secondary N) is 1. The predicted octanol–water partition coefficient (Wildman–Crippen LogP) is 2.54. The third-order valence-corrected chi connectivity index (χ3v) is 12.4. The molecule has 16 heteroatoms. The van der Waals surface area contributed by atoms with Crippen LogP contribution in [0.4, 0.5) is 10.5 Å². The molecule has 4 aliphatic rings. The first-order valence-electron chi connectivity index (χ1n) is 17.7. The Morgan fingerprint density at radius 1 is 0.981 bits per heavy atom. The maximum Gasteiger partial charge on any atom is 0.318 e. The minimum Gasteiger partial charge on any atom is -0.497 e. The zero-order valence-electron chi connectivity index (χ0n) is 30.0. The summed E-state index contributed by atoms with van der Waals surface area (Å²) in [6.45, 7) is 8.25. The second-order valence-corrected chi connectivity index (χ2v) is 15.1. The van der Waals surface area contributed by atoms with Crippen molar-refractivity contribution in [2.75, 3.05) is 77.6 Å². The number of hydrogen-bond acceptors (Lipinski definition) is 12. The van der Waals surface area contributed by atoms with Crippen molar-refractivity contribution in [1.82, 2.24) is 25.0 Å². The van der Waals surface area contributed by atoms with Gasteiger partial charge in [-0.25, -0.2) is 18.2 Å². The van der Waals surface area contributed by atoms with Crippen LogP contribution in [0.5, 0.6) is 17.4 Å². The number of ether oxygens (including phenoxy) is 4. The number of sulfonamides is 1. The van der Waals surface area contributed by atoms with Gasteiger partial charge in [-0.05, 0) is 62.2 Å². The Hall–Kier alpha value is -4.95. The van der Waals surface area contributed by atoms with E-state index < -0.39 is 27.5 Å². The highest BCUT2D eigenvalue weighted by molar-refractivity contribution is 7.93. The number of benzene rings is 2. The maximum absolute atomic E-state index is 15.2. The van der Waals surface area contributed by atoms with E-state index in [9.17, 15) is 18.5 Å². The summed E-state index contributed by atoms with van der Waals surface area (Å²) in [6, 6.07) is 13.9. The summed E-state index contributed by atoms with van der Waals surface area (Å²) in [6.07, 6.45) is 2.97. The van der Waals surface area contributed by atoms with Crippen molar-refractivity contribution in [2.45, 2.75) is 42.3 Å². The van der Waals surface area contributed by atoms with Gasteiger partial charge >= 0.3 is 6.03 Å². The van der Waals surface area contributed by atoms with Crippen molar-refractivity contribution in [2.24, 2.45) is 0 Å². The van der Waals surface area contributed by atoms with E-state index in [1.54, 1.807) is 24.0 Å². The zero-order valence-corrected chi connectivity index (χ0v) is 30.8. The van der Waals surface area contributed by atoms with Crippen molar-refractivity contribution >= 4 is 27.6 Å². The van der Waals surface area contributed by atoms with Crippen molar-refractivity contribution in [3.63, 3.8) is 0 Å². The number of amides is 3. The minimum atomic E-state index is -4.70. The van der Waals surface area contributed by atoms with E-state index in [1.165, 1.54) is 56.8 Å². The van der Waals surface area contributed by atoms with Gasteiger partial charge < -0.3 is 29.2 Å². The quantitative estimate of drug-likeness (QED) is 0.323. The van der Waals surface area contributed by atoms with Gasteiger partial charge in [0.25, 0.3) is 15.9 Å². The number of pyridine rings is 1. The molecule has 15 nitrogen and oxygen atoms in total. The lowest BCUT2D eigenvalue weighted by molar-refractivity contribution is -0.121. The lowest BCUT2D eigenvalue weighted by atomic mass is 9.83. The van der Waals surface area contributed by atoms with Crippen LogP contribution < -0.4 is 23.8 Å². The number of aromatic nitrogens is 1. The van der Waals surface area contributed by atoms with Gasteiger partial charge in [0.1, 0.15) is 16.4 Å². The number of methoxy groups -OCH3 is 2. The smallest absolute Gasteiger partial charge is 0.318 e. The van der Waals surface area contributed by atoms with Crippen LogP contribution in [-0.2, 0) is 25.1 Å². The molecule has 0 radical (unpaired) electrons. The lowest BCUT2D eigenvalue weighted by Gasteiger charge is -2.46. The number of anilines is 1. The molecule has 2 aromatic carbocycles. The first-order chi connectivity index (χ1) is 25.7. The topological polar surface area (TPSA) is 167 Å². The summed E-state index contributed by atoms with van der Waals surface area (Å²) in [5.74, 6) is -0.663. The molecule has 7 rings (SSSR count). The normalized spacial score (nSPS) is 21.4. The highest BCUT2D eigenvalue weighted by Gasteiger charge is 2.59. The third-order valence-electron chi connectivity index (χ3n) is 10.6. The lowest BCUT2D eigenvalue weighted by Crippen LogP contribution is -2.61. The van der Waals surface area contributed by atoms with Gasteiger partial charge in [0.05, 0.1) is 63.0 Å². The molecular formula is C37H43N7O8S. The molecule has 3 aromatic rings. The molecule has 280 valence electrons. The number of likely N-dealkylation sites (tertiary alicyclic amines) is 1. The number of carbonyl (C=O) groups excluding carboxylic acids is 2. The summed E-state index contributed by atoms with van der Waals surface area (Å²) < 4.78 is 52.0.